The Morgan fingerprint density at radius 3 is 2.32 bits per heavy atom. The number of carbonyl (C=O) groups excluding carboxylic acids is 3. The highest BCUT2D eigenvalue weighted by Gasteiger charge is 2.28. The molecule has 0 N–H and O–H groups in total. The number of likely N-dealkylation sites (tertiary alicyclic amines) is 1. The molecule has 28 heavy (non-hydrogen) atoms. The molecule has 2 aromatic carbocycles. The number of benzene rings is 2. The van der Waals surface area contributed by atoms with Gasteiger partial charge in [0, 0.05) is 37.6 Å². The summed E-state index contributed by atoms with van der Waals surface area (Å²) in [5, 5.41) is 0. The molecule has 1 heterocycles. The van der Waals surface area contributed by atoms with E-state index in [-0.39, 0.29) is 37.1 Å². The van der Waals surface area contributed by atoms with Crippen molar-refractivity contribution >= 4 is 17.7 Å². The fourth-order valence-electron chi connectivity index (χ4n) is 3.31. The fraction of sp³-hybridized carbons (Fsp3) is 0.318. The smallest absolute Gasteiger partial charge is 0.253 e. The first-order valence-electron chi connectivity index (χ1n) is 9.20. The van der Waals surface area contributed by atoms with Gasteiger partial charge in [-0.3, -0.25) is 19.3 Å². The number of imide groups is 1. The average molecular weight is 380 g/mol. The highest BCUT2D eigenvalue weighted by molar-refractivity contribution is 6.01. The Bertz CT molecular complexity index is 889. The van der Waals surface area contributed by atoms with E-state index < -0.39 is 0 Å². The summed E-state index contributed by atoms with van der Waals surface area (Å²) in [5.74, 6) is 0.359. The van der Waals surface area contributed by atoms with Crippen molar-refractivity contribution in [3.8, 4) is 5.75 Å². The summed E-state index contributed by atoms with van der Waals surface area (Å²) in [6.45, 7) is 2.68. The number of aryl methyl sites for hydroxylation is 1. The first kappa shape index (κ1) is 19.6. The SMILES string of the molecule is COc1ccc(C)cc1CN(C)C(=O)c1ccc(CN2C(=O)CCC2=O)cc1. The van der Waals surface area contributed by atoms with Crippen LogP contribution in [-0.4, -0.2) is 41.7 Å². The lowest BCUT2D eigenvalue weighted by Crippen LogP contribution is -2.28. The zero-order chi connectivity index (χ0) is 20.3. The number of methoxy groups -OCH3 is 1. The number of hydrogen-bond donors (Lipinski definition) is 0. The molecule has 0 unspecified atom stereocenters. The lowest BCUT2D eigenvalue weighted by molar-refractivity contribution is -0.139. The molecule has 6 nitrogen and oxygen atoms in total. The first-order valence-corrected chi connectivity index (χ1v) is 9.20. The first-order chi connectivity index (χ1) is 13.4. The van der Waals surface area contributed by atoms with Crippen LogP contribution >= 0.6 is 0 Å². The second-order valence-corrected chi connectivity index (χ2v) is 7.05. The number of hydrogen-bond acceptors (Lipinski definition) is 4. The topological polar surface area (TPSA) is 66.9 Å². The van der Waals surface area contributed by atoms with Crippen molar-refractivity contribution in [2.24, 2.45) is 0 Å². The van der Waals surface area contributed by atoms with Crippen molar-refractivity contribution in [1.82, 2.24) is 9.80 Å². The van der Waals surface area contributed by atoms with E-state index in [4.69, 9.17) is 4.74 Å². The molecule has 6 heteroatoms. The van der Waals surface area contributed by atoms with Crippen molar-refractivity contribution < 1.29 is 19.1 Å². The predicted octanol–water partition coefficient (Wildman–Crippen LogP) is 2.92. The fourth-order valence-corrected chi connectivity index (χ4v) is 3.31. The molecule has 0 spiro atoms. The quantitative estimate of drug-likeness (QED) is 0.723. The summed E-state index contributed by atoms with van der Waals surface area (Å²) in [6, 6.07) is 12.9. The van der Waals surface area contributed by atoms with E-state index in [1.807, 2.05) is 25.1 Å². The van der Waals surface area contributed by atoms with Gasteiger partial charge in [-0.2, -0.15) is 0 Å². The maximum atomic E-state index is 12.8. The lowest BCUT2D eigenvalue weighted by atomic mass is 10.1. The Hall–Kier alpha value is -3.15. The molecule has 0 aliphatic carbocycles. The zero-order valence-electron chi connectivity index (χ0n) is 16.4. The summed E-state index contributed by atoms with van der Waals surface area (Å²) in [7, 11) is 3.37. The van der Waals surface area contributed by atoms with E-state index in [0.717, 1.165) is 22.4 Å². The Morgan fingerprint density at radius 1 is 1.07 bits per heavy atom. The Kier molecular flexibility index (Phi) is 5.78. The minimum absolute atomic E-state index is 0.108. The van der Waals surface area contributed by atoms with Crippen molar-refractivity contribution in [2.45, 2.75) is 32.9 Å². The largest absolute Gasteiger partial charge is 0.496 e. The van der Waals surface area contributed by atoms with Crippen molar-refractivity contribution in [3.05, 3.63) is 64.7 Å². The standard InChI is InChI=1S/C22H24N2O4/c1-15-4-9-19(28-3)18(12-15)14-23(2)22(27)17-7-5-16(6-8-17)13-24-20(25)10-11-21(24)26/h4-9,12H,10-11,13-14H2,1-3H3. The third-order valence-electron chi connectivity index (χ3n) is 4.89. The Labute approximate surface area is 164 Å². The van der Waals surface area contributed by atoms with Gasteiger partial charge in [0.1, 0.15) is 5.75 Å². The van der Waals surface area contributed by atoms with Crippen molar-refractivity contribution in [3.63, 3.8) is 0 Å². The van der Waals surface area contributed by atoms with Crippen LogP contribution in [0.5, 0.6) is 5.75 Å². The second kappa shape index (κ2) is 8.25. The van der Waals surface area contributed by atoms with Crippen LogP contribution in [0, 0.1) is 6.92 Å². The second-order valence-electron chi connectivity index (χ2n) is 7.05. The molecule has 0 aromatic heterocycles. The third-order valence-corrected chi connectivity index (χ3v) is 4.89. The zero-order valence-corrected chi connectivity index (χ0v) is 16.4. The van der Waals surface area contributed by atoms with Crippen LogP contribution in [-0.2, 0) is 22.7 Å². The molecular weight excluding hydrogens is 356 g/mol. The highest BCUT2D eigenvalue weighted by Crippen LogP contribution is 2.22. The lowest BCUT2D eigenvalue weighted by Gasteiger charge is -2.20. The van der Waals surface area contributed by atoms with E-state index in [1.165, 1.54) is 4.90 Å². The molecule has 0 bridgehead atoms. The molecule has 0 atom stereocenters. The molecule has 0 radical (unpaired) electrons. The summed E-state index contributed by atoms with van der Waals surface area (Å²) >= 11 is 0. The summed E-state index contributed by atoms with van der Waals surface area (Å²) in [5.41, 5.74) is 3.42. The van der Waals surface area contributed by atoms with Gasteiger partial charge in [0.25, 0.3) is 5.91 Å². The minimum Gasteiger partial charge on any atom is -0.496 e. The van der Waals surface area contributed by atoms with Gasteiger partial charge < -0.3 is 9.64 Å². The van der Waals surface area contributed by atoms with Crippen LogP contribution in [0.25, 0.3) is 0 Å². The number of nitrogens with zero attached hydrogens (tertiary/aromatic N) is 2. The van der Waals surface area contributed by atoms with Crippen LogP contribution in [0.1, 0.15) is 39.9 Å². The number of carbonyl (C=O) groups is 3. The van der Waals surface area contributed by atoms with Gasteiger partial charge in [-0.15, -0.1) is 0 Å². The summed E-state index contributed by atoms with van der Waals surface area (Å²) in [4.78, 5) is 39.1. The molecule has 2 aromatic rings. The molecule has 146 valence electrons. The molecule has 1 aliphatic heterocycles. The highest BCUT2D eigenvalue weighted by atomic mass is 16.5. The minimum atomic E-state index is -0.142. The number of rotatable bonds is 6. The van der Waals surface area contributed by atoms with Gasteiger partial charge in [-0.05, 0) is 30.7 Å². The van der Waals surface area contributed by atoms with Gasteiger partial charge in [0.15, 0.2) is 0 Å². The Morgan fingerprint density at radius 2 is 1.71 bits per heavy atom. The van der Waals surface area contributed by atoms with Crippen LogP contribution in [0.4, 0.5) is 0 Å². The van der Waals surface area contributed by atoms with Crippen LogP contribution < -0.4 is 4.74 Å². The molecule has 3 amide bonds. The predicted molar refractivity (Wildman–Crippen MR) is 105 cm³/mol. The van der Waals surface area contributed by atoms with Gasteiger partial charge in [-0.1, -0.05) is 29.8 Å². The number of amides is 3. The van der Waals surface area contributed by atoms with Gasteiger partial charge >= 0.3 is 0 Å². The van der Waals surface area contributed by atoms with Gasteiger partial charge in [0.05, 0.1) is 13.7 Å². The van der Waals surface area contributed by atoms with E-state index in [2.05, 4.69) is 0 Å². The maximum Gasteiger partial charge on any atom is 0.253 e. The molecule has 1 fully saturated rings. The van der Waals surface area contributed by atoms with Crippen LogP contribution in [0.15, 0.2) is 42.5 Å². The third kappa shape index (κ3) is 4.22. The van der Waals surface area contributed by atoms with E-state index in [9.17, 15) is 14.4 Å². The number of ether oxygens (including phenoxy) is 1. The van der Waals surface area contributed by atoms with E-state index in [1.54, 1.807) is 43.3 Å². The Balaban J connectivity index is 1.68. The van der Waals surface area contributed by atoms with Gasteiger partial charge in [-0.25, -0.2) is 0 Å². The molecular formula is C22H24N2O4. The van der Waals surface area contributed by atoms with Crippen LogP contribution in [0.2, 0.25) is 0 Å². The summed E-state index contributed by atoms with van der Waals surface area (Å²) in [6.07, 6.45) is 0.561. The normalized spacial score (nSPS) is 13.8. The monoisotopic (exact) mass is 380 g/mol. The molecule has 3 rings (SSSR count). The molecule has 1 saturated heterocycles. The van der Waals surface area contributed by atoms with E-state index >= 15 is 0 Å². The average Bonchev–Trinajstić information content (AvgIpc) is 3.00. The van der Waals surface area contributed by atoms with Crippen molar-refractivity contribution in [2.75, 3.05) is 14.2 Å². The molecule has 0 saturated carbocycles. The van der Waals surface area contributed by atoms with Crippen molar-refractivity contribution in [1.29, 1.82) is 0 Å². The van der Waals surface area contributed by atoms with Crippen LogP contribution in [0.3, 0.4) is 0 Å². The summed E-state index contributed by atoms with van der Waals surface area (Å²) < 4.78 is 5.39. The maximum absolute atomic E-state index is 12.8. The van der Waals surface area contributed by atoms with E-state index in [0.29, 0.717) is 12.1 Å². The van der Waals surface area contributed by atoms with Gasteiger partial charge in [0.2, 0.25) is 11.8 Å². The molecule has 1 aliphatic rings.